The number of hydrogen-bond acceptors (Lipinski definition) is 2. The van der Waals surface area contributed by atoms with Gasteiger partial charge in [0.05, 0.1) is 29.7 Å². The molecule has 7 heteroatoms. The van der Waals surface area contributed by atoms with E-state index in [1.165, 1.54) is 12.1 Å². The van der Waals surface area contributed by atoms with Gasteiger partial charge in [0, 0.05) is 17.4 Å². The topological polar surface area (TPSA) is 55.1 Å². The maximum absolute atomic E-state index is 13.9. The highest BCUT2D eigenvalue weighted by Gasteiger charge is 2.36. The van der Waals surface area contributed by atoms with E-state index in [0.29, 0.717) is 6.54 Å². The van der Waals surface area contributed by atoms with E-state index in [0.717, 1.165) is 45.3 Å². The van der Waals surface area contributed by atoms with Crippen molar-refractivity contribution in [1.82, 2.24) is 19.2 Å². The number of urea groups is 1. The van der Waals surface area contributed by atoms with E-state index in [-0.39, 0.29) is 11.8 Å². The van der Waals surface area contributed by atoms with Gasteiger partial charge in [-0.2, -0.15) is 5.10 Å². The van der Waals surface area contributed by atoms with Gasteiger partial charge in [0.1, 0.15) is 11.6 Å². The number of para-hydroxylation sites is 1. The molecule has 2 aromatic heterocycles. The Kier molecular flexibility index (Phi) is 5.60. The van der Waals surface area contributed by atoms with Crippen LogP contribution in [0.15, 0.2) is 97.2 Å². The lowest BCUT2D eigenvalue weighted by atomic mass is 10.0. The second kappa shape index (κ2) is 9.09. The number of rotatable bonds is 3. The standard InChI is InChI=1S/C30H26FN5O/c1-20-8-6-9-24(18-20)32-30(37)35-19-26-21(2)33-36(25-10-4-3-5-11-25)29(26)34-17-7-12-27(34)28(35)22-13-15-23(31)16-14-22/h3-18,28H,19H2,1-2H3,(H,32,37)/t28-/m1/s1. The van der Waals surface area contributed by atoms with E-state index in [1.807, 2.05) is 91.5 Å². The molecular formula is C30H26FN5O. The van der Waals surface area contributed by atoms with Gasteiger partial charge in [0.15, 0.2) is 0 Å². The number of carbonyl (C=O) groups is 1. The Morgan fingerprint density at radius 3 is 2.49 bits per heavy atom. The van der Waals surface area contributed by atoms with Gasteiger partial charge in [-0.1, -0.05) is 42.5 Å². The van der Waals surface area contributed by atoms with Gasteiger partial charge in [-0.15, -0.1) is 0 Å². The number of aryl methyl sites for hydroxylation is 2. The molecule has 184 valence electrons. The number of nitrogens with one attached hydrogen (secondary N) is 1. The van der Waals surface area contributed by atoms with Crippen molar-refractivity contribution in [3.8, 4) is 11.5 Å². The summed E-state index contributed by atoms with van der Waals surface area (Å²) in [7, 11) is 0. The van der Waals surface area contributed by atoms with Crippen LogP contribution in [-0.2, 0) is 6.54 Å². The monoisotopic (exact) mass is 491 g/mol. The molecule has 0 saturated carbocycles. The first-order valence-corrected chi connectivity index (χ1v) is 12.2. The number of amides is 2. The molecule has 37 heavy (non-hydrogen) atoms. The average Bonchev–Trinajstić information content (AvgIpc) is 3.46. The molecule has 0 radical (unpaired) electrons. The van der Waals surface area contributed by atoms with Crippen molar-refractivity contribution in [3.05, 3.63) is 131 Å². The summed E-state index contributed by atoms with van der Waals surface area (Å²) in [5, 5.41) is 7.95. The highest BCUT2D eigenvalue weighted by atomic mass is 19.1. The van der Waals surface area contributed by atoms with Crippen LogP contribution in [0.3, 0.4) is 0 Å². The molecule has 0 aliphatic carbocycles. The van der Waals surface area contributed by atoms with E-state index in [2.05, 4.69) is 9.88 Å². The maximum Gasteiger partial charge on any atom is 0.322 e. The largest absolute Gasteiger partial charge is 0.322 e. The van der Waals surface area contributed by atoms with E-state index in [1.54, 1.807) is 17.0 Å². The number of nitrogens with zero attached hydrogens (tertiary/aromatic N) is 4. The van der Waals surface area contributed by atoms with Crippen LogP contribution in [0.1, 0.15) is 34.1 Å². The van der Waals surface area contributed by atoms with Crippen molar-refractivity contribution in [2.24, 2.45) is 0 Å². The quantitative estimate of drug-likeness (QED) is 0.311. The van der Waals surface area contributed by atoms with Crippen molar-refractivity contribution < 1.29 is 9.18 Å². The minimum Gasteiger partial charge on any atom is -0.308 e. The second-order valence-electron chi connectivity index (χ2n) is 9.32. The summed E-state index contributed by atoms with van der Waals surface area (Å²) in [6.45, 7) is 4.29. The van der Waals surface area contributed by atoms with Gasteiger partial charge in [-0.3, -0.25) is 0 Å². The van der Waals surface area contributed by atoms with E-state index < -0.39 is 6.04 Å². The third-order valence-corrected chi connectivity index (χ3v) is 6.80. The molecule has 0 unspecified atom stereocenters. The Labute approximate surface area is 214 Å². The first-order chi connectivity index (χ1) is 18.0. The number of halogens is 1. The van der Waals surface area contributed by atoms with Crippen LogP contribution in [0, 0.1) is 19.7 Å². The lowest BCUT2D eigenvalue weighted by Crippen LogP contribution is -2.38. The number of aromatic nitrogens is 3. The van der Waals surface area contributed by atoms with Gasteiger partial charge in [-0.25, -0.2) is 13.9 Å². The van der Waals surface area contributed by atoms with E-state index in [9.17, 15) is 9.18 Å². The number of anilines is 1. The molecule has 6 rings (SSSR count). The van der Waals surface area contributed by atoms with Gasteiger partial charge in [-0.05, 0) is 73.5 Å². The Morgan fingerprint density at radius 1 is 0.946 bits per heavy atom. The molecule has 1 aliphatic heterocycles. The van der Waals surface area contributed by atoms with Crippen molar-refractivity contribution in [1.29, 1.82) is 0 Å². The Morgan fingerprint density at radius 2 is 1.73 bits per heavy atom. The van der Waals surface area contributed by atoms with E-state index >= 15 is 0 Å². The van der Waals surface area contributed by atoms with Gasteiger partial charge < -0.3 is 14.8 Å². The number of carbonyl (C=O) groups excluding carboxylic acids is 1. The molecule has 2 amide bonds. The summed E-state index contributed by atoms with van der Waals surface area (Å²) in [5.41, 5.74) is 6.21. The minimum atomic E-state index is -0.448. The van der Waals surface area contributed by atoms with Gasteiger partial charge in [0.25, 0.3) is 0 Å². The number of hydrogen-bond donors (Lipinski definition) is 1. The maximum atomic E-state index is 13.9. The summed E-state index contributed by atoms with van der Waals surface area (Å²) in [6.07, 6.45) is 1.99. The first-order valence-electron chi connectivity index (χ1n) is 12.2. The van der Waals surface area contributed by atoms with Crippen molar-refractivity contribution in [3.63, 3.8) is 0 Å². The fourth-order valence-corrected chi connectivity index (χ4v) is 5.06. The Balaban J connectivity index is 1.53. The second-order valence-corrected chi connectivity index (χ2v) is 9.32. The fraction of sp³-hybridized carbons (Fsp3) is 0.133. The van der Waals surface area contributed by atoms with Gasteiger partial charge >= 0.3 is 6.03 Å². The summed E-state index contributed by atoms with van der Waals surface area (Å²) >= 11 is 0. The molecule has 6 nitrogen and oxygen atoms in total. The van der Waals surface area contributed by atoms with Crippen LogP contribution >= 0.6 is 0 Å². The van der Waals surface area contributed by atoms with Crippen LogP contribution in [0.25, 0.3) is 11.5 Å². The number of benzene rings is 3. The number of fused-ring (bicyclic) bond motifs is 3. The highest BCUT2D eigenvalue weighted by Crippen LogP contribution is 2.38. The summed E-state index contributed by atoms with van der Waals surface area (Å²) < 4.78 is 17.9. The molecule has 1 N–H and O–H groups in total. The van der Waals surface area contributed by atoms with Crippen LogP contribution in [0.4, 0.5) is 14.9 Å². The average molecular weight is 492 g/mol. The van der Waals surface area contributed by atoms with Crippen LogP contribution in [-0.4, -0.2) is 25.3 Å². The predicted octanol–water partition coefficient (Wildman–Crippen LogP) is 6.56. The molecule has 1 aliphatic rings. The predicted molar refractivity (Wildman–Crippen MR) is 142 cm³/mol. The molecule has 1 atom stereocenters. The molecule has 0 saturated heterocycles. The summed E-state index contributed by atoms with van der Waals surface area (Å²) in [6, 6.07) is 27.3. The smallest absolute Gasteiger partial charge is 0.308 e. The Hall–Kier alpha value is -4.65. The fourth-order valence-electron chi connectivity index (χ4n) is 5.06. The first kappa shape index (κ1) is 22.8. The zero-order valence-corrected chi connectivity index (χ0v) is 20.6. The van der Waals surface area contributed by atoms with Crippen LogP contribution in [0.2, 0.25) is 0 Å². The molecule has 3 aromatic carbocycles. The third kappa shape index (κ3) is 4.08. The molecule has 0 fully saturated rings. The molecular weight excluding hydrogens is 465 g/mol. The normalized spacial score (nSPS) is 14.6. The molecule has 5 aromatic rings. The molecule has 0 bridgehead atoms. The Bertz CT molecular complexity index is 1590. The minimum absolute atomic E-state index is 0.243. The van der Waals surface area contributed by atoms with Crippen molar-refractivity contribution in [2.75, 3.05) is 5.32 Å². The zero-order valence-electron chi connectivity index (χ0n) is 20.6. The lowest BCUT2D eigenvalue weighted by molar-refractivity contribution is 0.194. The van der Waals surface area contributed by atoms with Crippen LogP contribution in [0.5, 0.6) is 0 Å². The molecule has 0 spiro atoms. The zero-order chi connectivity index (χ0) is 25.5. The van der Waals surface area contributed by atoms with Gasteiger partial charge in [0.2, 0.25) is 0 Å². The van der Waals surface area contributed by atoms with Crippen molar-refractivity contribution >= 4 is 11.7 Å². The SMILES string of the molecule is Cc1cccc(NC(=O)N2Cc3c(C)nn(-c4ccccc4)c3-n3cccc3[C@H]2c2ccc(F)cc2)c1. The van der Waals surface area contributed by atoms with Crippen molar-refractivity contribution in [2.45, 2.75) is 26.4 Å². The van der Waals surface area contributed by atoms with Crippen LogP contribution < -0.4 is 5.32 Å². The summed E-state index contributed by atoms with van der Waals surface area (Å²) in [5.74, 6) is 0.573. The van der Waals surface area contributed by atoms with E-state index in [4.69, 9.17) is 5.10 Å². The highest BCUT2D eigenvalue weighted by molar-refractivity contribution is 5.90. The molecule has 3 heterocycles. The lowest BCUT2D eigenvalue weighted by Gasteiger charge is -2.31. The third-order valence-electron chi connectivity index (χ3n) is 6.80. The summed E-state index contributed by atoms with van der Waals surface area (Å²) in [4.78, 5) is 15.7.